The molecule has 3 heterocycles. The van der Waals surface area contributed by atoms with Crippen LogP contribution in [-0.2, 0) is 18.0 Å². The number of fused-ring (bicyclic) bond motifs is 1. The van der Waals surface area contributed by atoms with E-state index in [1.165, 1.54) is 0 Å². The number of benzene rings is 1. The molecule has 1 fully saturated rings. The van der Waals surface area contributed by atoms with Gasteiger partial charge in [-0.25, -0.2) is 14.8 Å². The highest BCUT2D eigenvalue weighted by atomic mass is 16.5. The largest absolute Gasteiger partial charge is 0.465 e. The smallest absolute Gasteiger partial charge is 0.404 e. The first kappa shape index (κ1) is 26.9. The normalized spacial score (nSPS) is 16.9. The number of anilines is 1. The monoisotopic (exact) mass is 543 g/mol. The number of rotatable bonds is 10. The van der Waals surface area contributed by atoms with Crippen LogP contribution in [0.2, 0.25) is 0 Å². The Labute approximate surface area is 231 Å². The van der Waals surface area contributed by atoms with Gasteiger partial charge < -0.3 is 34.9 Å². The molecule has 40 heavy (non-hydrogen) atoms. The van der Waals surface area contributed by atoms with E-state index in [4.69, 9.17) is 9.84 Å². The van der Waals surface area contributed by atoms with Crippen LogP contribution in [0, 0.1) is 0 Å². The molecule has 0 aliphatic heterocycles. The first-order valence-electron chi connectivity index (χ1n) is 13.2. The lowest BCUT2D eigenvalue weighted by Gasteiger charge is -2.30. The maximum absolute atomic E-state index is 13.5. The second-order valence-electron chi connectivity index (χ2n) is 9.86. The Morgan fingerprint density at radius 2 is 1.93 bits per heavy atom. The van der Waals surface area contributed by atoms with Gasteiger partial charge in [-0.05, 0) is 55.5 Å². The first-order valence-corrected chi connectivity index (χ1v) is 13.2. The quantitative estimate of drug-likeness (QED) is 0.233. The van der Waals surface area contributed by atoms with Gasteiger partial charge in [0.05, 0.1) is 17.6 Å². The highest BCUT2D eigenvalue weighted by Crippen LogP contribution is 2.32. The van der Waals surface area contributed by atoms with Crippen molar-refractivity contribution in [1.82, 2.24) is 29.7 Å². The minimum atomic E-state index is -1.00. The molecule has 3 aromatic heterocycles. The molecule has 11 nitrogen and oxygen atoms in total. The number of pyridine rings is 1. The van der Waals surface area contributed by atoms with Gasteiger partial charge in [0, 0.05) is 61.1 Å². The van der Waals surface area contributed by atoms with Crippen molar-refractivity contribution < 1.29 is 19.4 Å². The summed E-state index contributed by atoms with van der Waals surface area (Å²) in [6.45, 7) is 4.58. The summed E-state index contributed by atoms with van der Waals surface area (Å²) in [6, 6.07) is 9.88. The van der Waals surface area contributed by atoms with Gasteiger partial charge in [-0.3, -0.25) is 4.79 Å². The molecular formula is C29H33N7O4. The summed E-state index contributed by atoms with van der Waals surface area (Å²) in [4.78, 5) is 33.3. The van der Waals surface area contributed by atoms with E-state index in [1.807, 2.05) is 45.7 Å². The Kier molecular flexibility index (Phi) is 8.11. The Hall–Kier alpha value is -4.64. The predicted molar refractivity (Wildman–Crippen MR) is 152 cm³/mol. The summed E-state index contributed by atoms with van der Waals surface area (Å²) in [7, 11) is 1.62. The van der Waals surface area contributed by atoms with Crippen LogP contribution >= 0.6 is 0 Å². The SMILES string of the molecule is C=Cc1cc2c(N[C@H]3CC[C@H](NC(=O)O)CC3)c(C(=O)NCc3ccc(-n4ccnc4)cc3)cnc2n1COC. The lowest BCUT2D eigenvalue weighted by Crippen LogP contribution is -2.39. The van der Waals surface area contributed by atoms with Crippen molar-refractivity contribution in [3.05, 3.63) is 78.6 Å². The second-order valence-corrected chi connectivity index (χ2v) is 9.86. The van der Waals surface area contributed by atoms with E-state index in [0.717, 1.165) is 48.0 Å². The maximum atomic E-state index is 13.5. The van der Waals surface area contributed by atoms with Gasteiger partial charge in [0.25, 0.3) is 5.91 Å². The number of amides is 2. The number of imidazole rings is 1. The Morgan fingerprint density at radius 3 is 2.58 bits per heavy atom. The van der Waals surface area contributed by atoms with Gasteiger partial charge in [0.15, 0.2) is 0 Å². The lowest BCUT2D eigenvalue weighted by molar-refractivity contribution is 0.0951. The number of carbonyl (C=O) groups is 2. The number of carboxylic acid groups (broad SMARTS) is 1. The van der Waals surface area contributed by atoms with Crippen LogP contribution < -0.4 is 16.0 Å². The van der Waals surface area contributed by atoms with E-state index in [0.29, 0.717) is 30.2 Å². The number of hydrogen-bond donors (Lipinski definition) is 4. The highest BCUT2D eigenvalue weighted by Gasteiger charge is 2.26. The minimum Gasteiger partial charge on any atom is -0.465 e. The Morgan fingerprint density at radius 1 is 1.18 bits per heavy atom. The van der Waals surface area contributed by atoms with E-state index in [-0.39, 0.29) is 18.0 Å². The van der Waals surface area contributed by atoms with Crippen molar-refractivity contribution in [3.8, 4) is 5.69 Å². The number of methoxy groups -OCH3 is 1. The van der Waals surface area contributed by atoms with Crippen molar-refractivity contribution in [1.29, 1.82) is 0 Å². The number of ether oxygens (including phenoxy) is 1. The molecule has 1 aliphatic carbocycles. The molecule has 4 N–H and O–H groups in total. The molecule has 0 spiro atoms. The summed E-state index contributed by atoms with van der Waals surface area (Å²) >= 11 is 0. The summed E-state index contributed by atoms with van der Waals surface area (Å²) in [6.07, 6.45) is 10.7. The number of carbonyl (C=O) groups excluding carboxylic acids is 1. The van der Waals surface area contributed by atoms with Crippen molar-refractivity contribution >= 4 is 34.8 Å². The molecule has 1 saturated carbocycles. The van der Waals surface area contributed by atoms with E-state index >= 15 is 0 Å². The van der Waals surface area contributed by atoms with Crippen LogP contribution in [0.15, 0.2) is 61.8 Å². The van der Waals surface area contributed by atoms with Crippen LogP contribution in [0.1, 0.15) is 47.3 Å². The molecule has 0 atom stereocenters. The van der Waals surface area contributed by atoms with Crippen LogP contribution in [-0.4, -0.2) is 55.4 Å². The standard InChI is InChI=1S/C29H33N7O4/c1-3-22-14-24-26(33-20-6-8-21(9-7-20)34-29(38)39)25(16-31-27(24)36(22)18-40-2)28(37)32-15-19-4-10-23(11-5-19)35-13-12-30-17-35/h3-5,10-14,16-17,20-21,34H,1,6-9,15,18H2,2H3,(H,31,33)(H,32,37)(H,38,39)/t20-,21-. The third-order valence-corrected chi connectivity index (χ3v) is 7.26. The average molecular weight is 544 g/mol. The van der Waals surface area contributed by atoms with Gasteiger partial charge in [0.1, 0.15) is 12.4 Å². The lowest BCUT2D eigenvalue weighted by atomic mass is 9.91. The molecule has 11 heteroatoms. The van der Waals surface area contributed by atoms with E-state index in [9.17, 15) is 9.59 Å². The fourth-order valence-electron chi connectivity index (χ4n) is 5.21. The van der Waals surface area contributed by atoms with Gasteiger partial charge in [-0.15, -0.1) is 0 Å². The third-order valence-electron chi connectivity index (χ3n) is 7.26. The van der Waals surface area contributed by atoms with Gasteiger partial charge in [0.2, 0.25) is 0 Å². The molecule has 2 amide bonds. The van der Waals surface area contributed by atoms with Gasteiger partial charge in [-0.1, -0.05) is 18.7 Å². The third kappa shape index (κ3) is 5.84. The zero-order valence-electron chi connectivity index (χ0n) is 22.3. The van der Waals surface area contributed by atoms with Crippen molar-refractivity contribution in [2.24, 2.45) is 0 Å². The van der Waals surface area contributed by atoms with E-state index < -0.39 is 6.09 Å². The van der Waals surface area contributed by atoms with Crippen LogP contribution in [0.25, 0.3) is 22.8 Å². The zero-order chi connectivity index (χ0) is 28.1. The average Bonchev–Trinajstić information content (AvgIpc) is 3.62. The van der Waals surface area contributed by atoms with Crippen LogP contribution in [0.4, 0.5) is 10.5 Å². The van der Waals surface area contributed by atoms with Crippen molar-refractivity contribution in [2.45, 2.75) is 51.0 Å². The fraction of sp³-hybridized carbons (Fsp3) is 0.310. The second kappa shape index (κ2) is 12.0. The van der Waals surface area contributed by atoms with Crippen molar-refractivity contribution in [3.63, 3.8) is 0 Å². The number of nitrogens with zero attached hydrogens (tertiary/aromatic N) is 4. The summed E-state index contributed by atoms with van der Waals surface area (Å²) in [5, 5.41) is 19.1. The molecule has 1 aliphatic rings. The summed E-state index contributed by atoms with van der Waals surface area (Å²) in [5.41, 5.74) is 4.61. The fourth-order valence-corrected chi connectivity index (χ4v) is 5.21. The van der Waals surface area contributed by atoms with Gasteiger partial charge >= 0.3 is 6.09 Å². The Balaban J connectivity index is 1.38. The number of nitrogens with one attached hydrogen (secondary N) is 3. The van der Waals surface area contributed by atoms with E-state index in [2.05, 4.69) is 32.5 Å². The Bertz CT molecular complexity index is 1490. The molecule has 0 radical (unpaired) electrons. The molecule has 1 aromatic carbocycles. The minimum absolute atomic E-state index is 0.0638. The zero-order valence-corrected chi connectivity index (χ0v) is 22.3. The number of aromatic nitrogens is 4. The molecule has 0 unspecified atom stereocenters. The van der Waals surface area contributed by atoms with Crippen LogP contribution in [0.5, 0.6) is 0 Å². The highest BCUT2D eigenvalue weighted by molar-refractivity contribution is 6.07. The van der Waals surface area contributed by atoms with E-state index in [1.54, 1.807) is 31.9 Å². The molecule has 208 valence electrons. The molecule has 4 aromatic rings. The van der Waals surface area contributed by atoms with Crippen LogP contribution in [0.3, 0.4) is 0 Å². The summed E-state index contributed by atoms with van der Waals surface area (Å²) < 4.78 is 9.21. The van der Waals surface area contributed by atoms with Crippen molar-refractivity contribution in [2.75, 3.05) is 12.4 Å². The molecule has 5 rings (SSSR count). The molecule has 0 saturated heterocycles. The first-order chi connectivity index (χ1) is 19.5. The predicted octanol–water partition coefficient (Wildman–Crippen LogP) is 4.39. The number of hydrogen-bond acceptors (Lipinski definition) is 6. The van der Waals surface area contributed by atoms with Gasteiger partial charge in [-0.2, -0.15) is 0 Å². The molecular weight excluding hydrogens is 510 g/mol. The maximum Gasteiger partial charge on any atom is 0.404 e. The topological polar surface area (TPSA) is 135 Å². The molecule has 0 bridgehead atoms. The summed E-state index contributed by atoms with van der Waals surface area (Å²) in [5.74, 6) is -0.239.